The lowest BCUT2D eigenvalue weighted by Gasteiger charge is -2.03. The van der Waals surface area contributed by atoms with Gasteiger partial charge in [0.1, 0.15) is 0 Å². The number of ketones is 1. The van der Waals surface area contributed by atoms with Crippen LogP contribution in [-0.2, 0) is 6.42 Å². The highest BCUT2D eigenvalue weighted by Crippen LogP contribution is 2.06. The van der Waals surface area contributed by atoms with Crippen LogP contribution in [0.4, 0.5) is 0 Å². The summed E-state index contributed by atoms with van der Waals surface area (Å²) in [6.45, 7) is 5.86. The maximum Gasteiger partial charge on any atom is 0.161 e. The second-order valence-electron chi connectivity index (χ2n) is 3.69. The molecule has 0 aliphatic carbocycles. The van der Waals surface area contributed by atoms with Gasteiger partial charge in [0.15, 0.2) is 5.78 Å². The summed E-state index contributed by atoms with van der Waals surface area (Å²) in [5, 5.41) is 0. The first-order chi connectivity index (χ1) is 6.09. The van der Waals surface area contributed by atoms with Crippen LogP contribution < -0.4 is 0 Å². The topological polar surface area (TPSA) is 30.0 Å². The van der Waals surface area contributed by atoms with E-state index in [9.17, 15) is 4.79 Å². The summed E-state index contributed by atoms with van der Waals surface area (Å²) in [5.74, 6) is 0.680. The van der Waals surface area contributed by atoms with Crippen molar-refractivity contribution in [3.05, 3.63) is 29.6 Å². The van der Waals surface area contributed by atoms with Crippen molar-refractivity contribution in [2.45, 2.75) is 27.2 Å². The molecule has 1 aromatic rings. The van der Waals surface area contributed by atoms with Gasteiger partial charge in [-0.1, -0.05) is 13.8 Å². The lowest BCUT2D eigenvalue weighted by Crippen LogP contribution is -1.99. The zero-order chi connectivity index (χ0) is 9.84. The molecule has 0 saturated heterocycles. The van der Waals surface area contributed by atoms with E-state index in [1.807, 2.05) is 12.1 Å². The van der Waals surface area contributed by atoms with Crippen molar-refractivity contribution in [2.24, 2.45) is 5.92 Å². The molecule has 0 bridgehead atoms. The molecule has 0 atom stereocenters. The van der Waals surface area contributed by atoms with Crippen LogP contribution >= 0.6 is 0 Å². The molecule has 0 aliphatic rings. The molecule has 0 radical (unpaired) electrons. The Morgan fingerprint density at radius 3 is 2.54 bits per heavy atom. The van der Waals surface area contributed by atoms with Crippen LogP contribution in [0.5, 0.6) is 0 Å². The Morgan fingerprint density at radius 2 is 2.15 bits per heavy atom. The Balaban J connectivity index is 2.75. The fourth-order valence-electron chi connectivity index (χ4n) is 1.17. The van der Waals surface area contributed by atoms with E-state index in [0.717, 1.165) is 12.1 Å². The van der Waals surface area contributed by atoms with Gasteiger partial charge in [-0.05, 0) is 31.4 Å². The van der Waals surface area contributed by atoms with Gasteiger partial charge in [0.25, 0.3) is 0 Å². The predicted octanol–water partition coefficient (Wildman–Crippen LogP) is 2.48. The molecule has 13 heavy (non-hydrogen) atoms. The molecular weight excluding hydrogens is 162 g/mol. The second kappa shape index (κ2) is 4.17. The maximum absolute atomic E-state index is 10.9. The number of nitrogens with zero attached hydrogens (tertiary/aromatic N) is 1. The molecule has 2 nitrogen and oxygen atoms in total. The molecule has 1 heterocycles. The van der Waals surface area contributed by atoms with E-state index in [4.69, 9.17) is 0 Å². The van der Waals surface area contributed by atoms with Crippen molar-refractivity contribution in [1.82, 2.24) is 4.98 Å². The molecule has 0 unspecified atom stereocenters. The number of carbonyl (C=O) groups is 1. The SMILES string of the molecule is CC(=O)c1ccc(CC(C)C)nc1. The van der Waals surface area contributed by atoms with E-state index in [2.05, 4.69) is 18.8 Å². The van der Waals surface area contributed by atoms with Gasteiger partial charge in [0.05, 0.1) is 0 Å². The van der Waals surface area contributed by atoms with Gasteiger partial charge in [0.2, 0.25) is 0 Å². The van der Waals surface area contributed by atoms with E-state index >= 15 is 0 Å². The molecule has 1 aromatic heterocycles. The van der Waals surface area contributed by atoms with Crippen molar-refractivity contribution >= 4 is 5.78 Å². The highest BCUT2D eigenvalue weighted by Gasteiger charge is 2.01. The second-order valence-corrected chi connectivity index (χ2v) is 3.69. The van der Waals surface area contributed by atoms with Gasteiger partial charge < -0.3 is 0 Å². The smallest absolute Gasteiger partial charge is 0.161 e. The van der Waals surface area contributed by atoms with E-state index in [-0.39, 0.29) is 5.78 Å². The molecule has 0 fully saturated rings. The van der Waals surface area contributed by atoms with Gasteiger partial charge >= 0.3 is 0 Å². The standard InChI is InChI=1S/C11H15NO/c1-8(2)6-11-5-4-10(7-12-11)9(3)13/h4-5,7-8H,6H2,1-3H3. The molecule has 2 heteroatoms. The summed E-state index contributed by atoms with van der Waals surface area (Å²) in [6, 6.07) is 3.77. The number of rotatable bonds is 3. The minimum Gasteiger partial charge on any atom is -0.294 e. The minimum atomic E-state index is 0.0728. The fourth-order valence-corrected chi connectivity index (χ4v) is 1.17. The summed E-state index contributed by atoms with van der Waals surface area (Å²) in [7, 11) is 0. The third-order valence-corrected chi connectivity index (χ3v) is 1.85. The largest absolute Gasteiger partial charge is 0.294 e. The maximum atomic E-state index is 10.9. The third-order valence-electron chi connectivity index (χ3n) is 1.85. The van der Waals surface area contributed by atoms with Crippen LogP contribution in [0.15, 0.2) is 18.3 Å². The molecule has 0 saturated carbocycles. The molecular formula is C11H15NO. The van der Waals surface area contributed by atoms with E-state index in [1.165, 1.54) is 0 Å². The molecule has 0 spiro atoms. The third kappa shape index (κ3) is 2.98. The molecule has 0 N–H and O–H groups in total. The summed E-state index contributed by atoms with van der Waals surface area (Å²) < 4.78 is 0. The van der Waals surface area contributed by atoms with Crippen LogP contribution in [-0.4, -0.2) is 10.8 Å². The number of hydrogen-bond acceptors (Lipinski definition) is 2. The van der Waals surface area contributed by atoms with Gasteiger partial charge in [-0.3, -0.25) is 9.78 Å². The van der Waals surface area contributed by atoms with Crippen LogP contribution in [0, 0.1) is 5.92 Å². The van der Waals surface area contributed by atoms with Gasteiger partial charge in [-0.25, -0.2) is 0 Å². The summed E-state index contributed by atoms with van der Waals surface area (Å²) in [5.41, 5.74) is 1.74. The average Bonchev–Trinajstić information content (AvgIpc) is 2.04. The Hall–Kier alpha value is -1.18. The van der Waals surface area contributed by atoms with Crippen molar-refractivity contribution in [3.8, 4) is 0 Å². The van der Waals surface area contributed by atoms with E-state index in [1.54, 1.807) is 13.1 Å². The number of hydrogen-bond donors (Lipinski definition) is 0. The first-order valence-electron chi connectivity index (χ1n) is 4.55. The summed E-state index contributed by atoms with van der Waals surface area (Å²) in [4.78, 5) is 15.2. The predicted molar refractivity (Wildman–Crippen MR) is 52.8 cm³/mol. The monoisotopic (exact) mass is 177 g/mol. The zero-order valence-electron chi connectivity index (χ0n) is 8.37. The Kier molecular flexibility index (Phi) is 3.18. The number of aromatic nitrogens is 1. The molecule has 0 amide bonds. The lowest BCUT2D eigenvalue weighted by atomic mass is 10.1. The van der Waals surface area contributed by atoms with Crippen molar-refractivity contribution in [2.75, 3.05) is 0 Å². The molecule has 0 aromatic carbocycles. The minimum absolute atomic E-state index is 0.0728. The Labute approximate surface area is 79.0 Å². The van der Waals surface area contributed by atoms with Crippen LogP contribution in [0.1, 0.15) is 36.8 Å². The van der Waals surface area contributed by atoms with Crippen LogP contribution in [0.2, 0.25) is 0 Å². The Bertz CT molecular complexity index is 287. The van der Waals surface area contributed by atoms with Gasteiger partial charge in [0, 0.05) is 17.5 Å². The van der Waals surface area contributed by atoms with E-state index < -0.39 is 0 Å². The highest BCUT2D eigenvalue weighted by atomic mass is 16.1. The normalized spacial score (nSPS) is 10.5. The Morgan fingerprint density at radius 1 is 1.46 bits per heavy atom. The number of pyridine rings is 1. The number of Topliss-reactive ketones (excluding diaryl/α,β-unsaturated/α-hetero) is 1. The van der Waals surface area contributed by atoms with Crippen molar-refractivity contribution in [1.29, 1.82) is 0 Å². The first kappa shape index (κ1) is 9.90. The lowest BCUT2D eigenvalue weighted by molar-refractivity contribution is 0.101. The highest BCUT2D eigenvalue weighted by molar-refractivity contribution is 5.93. The van der Waals surface area contributed by atoms with Gasteiger partial charge in [-0.15, -0.1) is 0 Å². The summed E-state index contributed by atoms with van der Waals surface area (Å²) >= 11 is 0. The van der Waals surface area contributed by atoms with Crippen molar-refractivity contribution in [3.63, 3.8) is 0 Å². The van der Waals surface area contributed by atoms with E-state index in [0.29, 0.717) is 11.5 Å². The van der Waals surface area contributed by atoms with Crippen LogP contribution in [0.3, 0.4) is 0 Å². The first-order valence-corrected chi connectivity index (χ1v) is 4.55. The van der Waals surface area contributed by atoms with Gasteiger partial charge in [-0.2, -0.15) is 0 Å². The average molecular weight is 177 g/mol. The molecule has 1 rings (SSSR count). The van der Waals surface area contributed by atoms with Crippen LogP contribution in [0.25, 0.3) is 0 Å². The zero-order valence-corrected chi connectivity index (χ0v) is 8.37. The fraction of sp³-hybridized carbons (Fsp3) is 0.455. The quantitative estimate of drug-likeness (QED) is 0.664. The summed E-state index contributed by atoms with van der Waals surface area (Å²) in [6.07, 6.45) is 2.62. The number of carbonyl (C=O) groups excluding carboxylic acids is 1. The van der Waals surface area contributed by atoms with Crippen molar-refractivity contribution < 1.29 is 4.79 Å². The molecule has 0 aliphatic heterocycles. The molecule has 70 valence electrons.